The fourth-order valence-electron chi connectivity index (χ4n) is 1.06. The average Bonchev–Trinajstić information content (AvgIpc) is 2.26. The molecule has 0 aromatic carbocycles. The number of aromatic nitrogens is 2. The molecule has 1 aromatic rings. The summed E-state index contributed by atoms with van der Waals surface area (Å²) in [6.07, 6.45) is 3.13. The maximum absolute atomic E-state index is 11.4. The number of aromatic carboxylic acids is 1. The van der Waals surface area contributed by atoms with Crippen molar-refractivity contribution in [3.8, 4) is 0 Å². The topological polar surface area (TPSA) is 126 Å². The van der Waals surface area contributed by atoms with E-state index in [9.17, 15) is 18.0 Å². The molecule has 98 valence electrons. The van der Waals surface area contributed by atoms with Crippen LogP contribution in [0.25, 0.3) is 0 Å². The minimum atomic E-state index is -3.25. The van der Waals surface area contributed by atoms with E-state index in [0.29, 0.717) is 0 Å². The minimum absolute atomic E-state index is 0.205. The first-order chi connectivity index (χ1) is 8.29. The van der Waals surface area contributed by atoms with Crippen LogP contribution < -0.4 is 5.32 Å². The number of hydrogen-bond donors (Lipinski definition) is 2. The third-order valence-corrected chi connectivity index (χ3v) is 2.80. The molecule has 0 aliphatic carbocycles. The van der Waals surface area contributed by atoms with E-state index in [1.807, 2.05) is 0 Å². The highest BCUT2D eigenvalue weighted by Crippen LogP contribution is 2.08. The van der Waals surface area contributed by atoms with Crippen LogP contribution in [0.5, 0.6) is 0 Å². The van der Waals surface area contributed by atoms with E-state index < -0.39 is 27.4 Å². The normalized spacial score (nSPS) is 10.9. The second kappa shape index (κ2) is 5.54. The Kier molecular flexibility index (Phi) is 4.32. The average molecular weight is 273 g/mol. The summed E-state index contributed by atoms with van der Waals surface area (Å²) in [5.74, 6) is -2.49. The van der Waals surface area contributed by atoms with Gasteiger partial charge in [0.2, 0.25) is 5.91 Å². The highest BCUT2D eigenvalue weighted by Gasteiger charge is 2.15. The molecule has 0 aliphatic rings. The maximum Gasteiger partial charge on any atom is 0.358 e. The van der Waals surface area contributed by atoms with Crippen molar-refractivity contribution in [1.29, 1.82) is 0 Å². The first-order valence-electron chi connectivity index (χ1n) is 4.81. The van der Waals surface area contributed by atoms with Crippen LogP contribution in [0.3, 0.4) is 0 Å². The Hall–Kier alpha value is -2.03. The number of carbonyl (C=O) groups excluding carboxylic acids is 1. The monoisotopic (exact) mass is 273 g/mol. The number of carboxylic acids is 1. The van der Waals surface area contributed by atoms with Gasteiger partial charge in [0.25, 0.3) is 0 Å². The molecule has 0 spiro atoms. The Balaban J connectivity index is 2.73. The minimum Gasteiger partial charge on any atom is -0.476 e. The molecule has 0 saturated carbocycles. The smallest absolute Gasteiger partial charge is 0.358 e. The number of rotatable bonds is 5. The van der Waals surface area contributed by atoms with E-state index in [2.05, 4.69) is 15.3 Å². The maximum atomic E-state index is 11.4. The molecule has 0 atom stereocenters. The Morgan fingerprint density at radius 3 is 2.50 bits per heavy atom. The molecule has 1 heterocycles. The number of anilines is 1. The van der Waals surface area contributed by atoms with Crippen LogP contribution >= 0.6 is 0 Å². The zero-order valence-corrected chi connectivity index (χ0v) is 10.3. The zero-order valence-electron chi connectivity index (χ0n) is 9.45. The van der Waals surface area contributed by atoms with Crippen molar-refractivity contribution in [2.75, 3.05) is 17.3 Å². The summed E-state index contributed by atoms with van der Waals surface area (Å²) in [6.45, 7) is 0. The van der Waals surface area contributed by atoms with E-state index in [0.717, 1.165) is 6.26 Å². The van der Waals surface area contributed by atoms with Gasteiger partial charge in [-0.1, -0.05) is 0 Å². The Bertz CT molecular complexity index is 569. The summed E-state index contributed by atoms with van der Waals surface area (Å²) in [5.41, 5.74) is -0.398. The third-order valence-electron chi connectivity index (χ3n) is 1.86. The molecule has 9 heteroatoms. The molecule has 18 heavy (non-hydrogen) atoms. The van der Waals surface area contributed by atoms with Crippen LogP contribution in [0.1, 0.15) is 16.9 Å². The lowest BCUT2D eigenvalue weighted by Gasteiger charge is -2.05. The van der Waals surface area contributed by atoms with Crippen LogP contribution in [0.2, 0.25) is 0 Å². The molecule has 1 amide bonds. The molecule has 2 N–H and O–H groups in total. The van der Waals surface area contributed by atoms with Gasteiger partial charge < -0.3 is 10.4 Å². The van der Waals surface area contributed by atoms with Crippen LogP contribution in [-0.2, 0) is 14.6 Å². The first kappa shape index (κ1) is 14.0. The summed E-state index contributed by atoms with van der Waals surface area (Å²) in [5, 5.41) is 11.0. The number of sulfone groups is 1. The summed E-state index contributed by atoms with van der Waals surface area (Å²) < 4.78 is 21.7. The predicted octanol–water partition coefficient (Wildman–Crippen LogP) is -0.452. The van der Waals surface area contributed by atoms with Gasteiger partial charge in [-0.15, -0.1) is 0 Å². The van der Waals surface area contributed by atoms with Gasteiger partial charge in [0.1, 0.15) is 9.84 Å². The number of hydrogen-bond acceptors (Lipinski definition) is 6. The van der Waals surface area contributed by atoms with E-state index in [-0.39, 0.29) is 18.0 Å². The Morgan fingerprint density at radius 2 is 1.94 bits per heavy atom. The molecule has 0 bridgehead atoms. The molecular formula is C9H11N3O5S. The van der Waals surface area contributed by atoms with Crippen molar-refractivity contribution >= 4 is 27.5 Å². The van der Waals surface area contributed by atoms with Gasteiger partial charge in [-0.05, 0) is 0 Å². The molecule has 0 fully saturated rings. The quantitative estimate of drug-likeness (QED) is 0.743. The van der Waals surface area contributed by atoms with Crippen molar-refractivity contribution in [3.63, 3.8) is 0 Å². The lowest BCUT2D eigenvalue weighted by Crippen LogP contribution is -2.19. The van der Waals surface area contributed by atoms with E-state index >= 15 is 0 Å². The lowest BCUT2D eigenvalue weighted by atomic mass is 10.4. The lowest BCUT2D eigenvalue weighted by molar-refractivity contribution is -0.115. The van der Waals surface area contributed by atoms with Gasteiger partial charge in [-0.25, -0.2) is 23.2 Å². The summed E-state index contributed by atoms with van der Waals surface area (Å²) >= 11 is 0. The second-order valence-corrected chi connectivity index (χ2v) is 5.75. The number of nitrogens with zero attached hydrogens (tertiary/aromatic N) is 2. The van der Waals surface area contributed by atoms with Gasteiger partial charge in [-0.2, -0.15) is 0 Å². The van der Waals surface area contributed by atoms with Crippen LogP contribution in [-0.4, -0.2) is 47.4 Å². The van der Waals surface area contributed by atoms with E-state index in [1.54, 1.807) is 0 Å². The third kappa shape index (κ3) is 4.45. The highest BCUT2D eigenvalue weighted by atomic mass is 32.2. The fourth-order valence-corrected chi connectivity index (χ4v) is 1.61. The number of carbonyl (C=O) groups is 2. The summed E-state index contributed by atoms with van der Waals surface area (Å²) in [7, 11) is -3.25. The highest BCUT2D eigenvalue weighted by molar-refractivity contribution is 7.90. The Morgan fingerprint density at radius 1 is 1.33 bits per heavy atom. The molecule has 0 saturated heterocycles. The fraction of sp³-hybridized carbons (Fsp3) is 0.333. The van der Waals surface area contributed by atoms with Crippen molar-refractivity contribution in [2.45, 2.75) is 6.42 Å². The number of nitrogens with one attached hydrogen (secondary N) is 1. The van der Waals surface area contributed by atoms with Crippen LogP contribution in [0.15, 0.2) is 12.4 Å². The summed E-state index contributed by atoms with van der Waals surface area (Å²) in [6, 6.07) is 0. The zero-order chi connectivity index (χ0) is 13.8. The largest absolute Gasteiger partial charge is 0.476 e. The Labute approximate surface area is 103 Å². The first-order valence-corrected chi connectivity index (χ1v) is 6.87. The van der Waals surface area contributed by atoms with E-state index in [1.165, 1.54) is 12.4 Å². The van der Waals surface area contributed by atoms with Crippen molar-refractivity contribution < 1.29 is 23.1 Å². The molecule has 0 radical (unpaired) electrons. The van der Waals surface area contributed by atoms with Crippen LogP contribution in [0.4, 0.5) is 5.82 Å². The predicted molar refractivity (Wildman–Crippen MR) is 61.9 cm³/mol. The van der Waals surface area contributed by atoms with Gasteiger partial charge in [0.15, 0.2) is 11.5 Å². The van der Waals surface area contributed by atoms with Gasteiger partial charge >= 0.3 is 5.97 Å². The molecular weight excluding hydrogens is 262 g/mol. The molecule has 8 nitrogen and oxygen atoms in total. The second-order valence-electron chi connectivity index (χ2n) is 3.49. The molecule has 1 aromatic heterocycles. The molecule has 0 aliphatic heterocycles. The van der Waals surface area contributed by atoms with Crippen molar-refractivity contribution in [3.05, 3.63) is 18.1 Å². The van der Waals surface area contributed by atoms with E-state index in [4.69, 9.17) is 5.11 Å². The van der Waals surface area contributed by atoms with Crippen molar-refractivity contribution in [1.82, 2.24) is 9.97 Å². The summed E-state index contributed by atoms with van der Waals surface area (Å²) in [4.78, 5) is 29.4. The number of amides is 1. The van der Waals surface area contributed by atoms with Gasteiger partial charge in [0.05, 0.1) is 5.75 Å². The van der Waals surface area contributed by atoms with Gasteiger partial charge in [-0.3, -0.25) is 4.79 Å². The molecule has 0 unspecified atom stereocenters. The molecule has 1 rings (SSSR count). The van der Waals surface area contributed by atoms with Crippen LogP contribution in [0, 0.1) is 0 Å². The van der Waals surface area contributed by atoms with Gasteiger partial charge in [0, 0.05) is 25.1 Å². The standard InChI is InChI=1S/C9H11N3O5S/c1-18(16,17)5-2-6(13)12-8-7(9(14)15)10-3-4-11-8/h3-4H,2,5H2,1H3,(H,14,15)(H,11,12,13). The number of carboxylic acid groups (broad SMARTS) is 1. The SMILES string of the molecule is CS(=O)(=O)CCC(=O)Nc1nccnc1C(=O)O. The van der Waals surface area contributed by atoms with Crippen molar-refractivity contribution in [2.24, 2.45) is 0 Å².